The van der Waals surface area contributed by atoms with E-state index in [0.29, 0.717) is 6.61 Å². The molecule has 0 saturated heterocycles. The van der Waals surface area contributed by atoms with Crippen LogP contribution in [0, 0.1) is 5.41 Å². The molecule has 0 atom stereocenters. The van der Waals surface area contributed by atoms with Crippen LogP contribution in [0.1, 0.15) is 0 Å². The molecule has 0 bridgehead atoms. The highest BCUT2D eigenvalue weighted by molar-refractivity contribution is 7.96. The van der Waals surface area contributed by atoms with Gasteiger partial charge in [0.1, 0.15) is 5.17 Å². The van der Waals surface area contributed by atoms with Crippen molar-refractivity contribution in [2.24, 2.45) is 5.73 Å². The van der Waals surface area contributed by atoms with E-state index in [0.717, 1.165) is 0 Å². The number of hydrogen-bond donors (Lipinski definition) is 3. The van der Waals surface area contributed by atoms with Crippen molar-refractivity contribution in [3.8, 4) is 0 Å². The molecular weight excluding hydrogens is 171 g/mol. The van der Waals surface area contributed by atoms with Crippen LogP contribution in [0.3, 0.4) is 0 Å². The van der Waals surface area contributed by atoms with Crippen molar-refractivity contribution in [3.05, 3.63) is 12.7 Å². The topological polar surface area (TPSA) is 76.2 Å². The fraction of sp³-hybridized carbons (Fsp3) is 0.250. The molecule has 0 aromatic heterocycles. The van der Waals surface area contributed by atoms with Gasteiger partial charge in [0.05, 0.1) is 6.61 Å². The van der Waals surface area contributed by atoms with E-state index in [4.69, 9.17) is 5.41 Å². The monoisotopic (exact) mass is 180 g/mol. The van der Waals surface area contributed by atoms with Gasteiger partial charge in [-0.2, -0.15) is 0 Å². The van der Waals surface area contributed by atoms with Gasteiger partial charge in [-0.05, 0) is 0 Å². The number of thiol groups is 1. The predicted octanol–water partition coefficient (Wildman–Crippen LogP) is 1.21. The van der Waals surface area contributed by atoms with E-state index in [9.17, 15) is 4.57 Å². The predicted molar refractivity (Wildman–Crippen MR) is 44.7 cm³/mol. The van der Waals surface area contributed by atoms with Gasteiger partial charge >= 0.3 is 8.69 Å². The van der Waals surface area contributed by atoms with E-state index in [-0.39, 0.29) is 13.9 Å². The third kappa shape index (κ3) is 48.6. The Kier molecular flexibility index (Phi) is 14.1. The Morgan fingerprint density at radius 3 is 2.50 bits per heavy atom. The van der Waals surface area contributed by atoms with Crippen molar-refractivity contribution in [1.29, 1.82) is 5.41 Å². The quantitative estimate of drug-likeness (QED) is 0.152. The van der Waals surface area contributed by atoms with Gasteiger partial charge < -0.3 is 5.73 Å². The summed E-state index contributed by atoms with van der Waals surface area (Å²) in [4.78, 5) is 0. The molecule has 0 unspecified atom stereocenters. The van der Waals surface area contributed by atoms with Gasteiger partial charge in [-0.3, -0.25) is 9.93 Å². The third-order valence-corrected chi connectivity index (χ3v) is 0.500. The van der Waals surface area contributed by atoms with Crippen molar-refractivity contribution in [1.82, 2.24) is 0 Å². The number of rotatable bonds is 3. The Bertz CT molecular complexity index is 108. The zero-order chi connectivity index (χ0) is 8.41. The fourth-order valence-electron chi connectivity index (χ4n) is 0.0831. The number of nitrogens with one attached hydrogen (secondary N) is 1. The average Bonchev–Trinajstić information content (AvgIpc) is 1.82. The Balaban J connectivity index is 0. The molecule has 0 spiro atoms. The number of nitrogens with two attached hydrogens (primary N) is 1. The lowest BCUT2D eigenvalue weighted by Crippen LogP contribution is -1.96. The number of amidine groups is 1. The van der Waals surface area contributed by atoms with Gasteiger partial charge in [-0.15, -0.1) is 19.2 Å². The lowest BCUT2D eigenvalue weighted by molar-refractivity contribution is 0.387. The highest BCUT2D eigenvalue weighted by Gasteiger charge is 1.69. The molecule has 0 aliphatic heterocycles. The van der Waals surface area contributed by atoms with Crippen LogP contribution in [-0.4, -0.2) is 11.8 Å². The maximum Gasteiger partial charge on any atom is 0.327 e. The molecule has 0 saturated carbocycles. The first-order chi connectivity index (χ1) is 4.65. The molecule has 0 rings (SSSR count). The highest BCUT2D eigenvalue weighted by atomic mass is 32.1. The zero-order valence-electron chi connectivity index (χ0n) is 5.28. The van der Waals surface area contributed by atoms with E-state index in [1.54, 1.807) is 0 Å². The van der Waals surface area contributed by atoms with Crippen LogP contribution in [0.25, 0.3) is 0 Å². The van der Waals surface area contributed by atoms with Crippen LogP contribution in [0.5, 0.6) is 0 Å². The van der Waals surface area contributed by atoms with E-state index in [2.05, 4.69) is 29.5 Å². The van der Waals surface area contributed by atoms with Crippen LogP contribution in [-0.2, 0) is 9.09 Å². The molecule has 3 N–H and O–H groups in total. The van der Waals surface area contributed by atoms with E-state index >= 15 is 0 Å². The standard InChI is InChI=1S/C3H5O2P.CH4N2S/c1-2-3-5-6-4;2-1(3)4/h2H,1,3H2;(H4,2,3,4). The molecule has 0 aliphatic rings. The molecule has 0 fully saturated rings. The molecule has 0 aliphatic carbocycles. The summed E-state index contributed by atoms with van der Waals surface area (Å²) in [5.74, 6) is 0. The first-order valence-electron chi connectivity index (χ1n) is 2.23. The molecule has 0 radical (unpaired) electrons. The maximum atomic E-state index is 9.39. The summed E-state index contributed by atoms with van der Waals surface area (Å²) >= 11 is 3.33. The first-order valence-corrected chi connectivity index (χ1v) is 3.41. The van der Waals surface area contributed by atoms with Gasteiger partial charge in [0.2, 0.25) is 0 Å². The van der Waals surface area contributed by atoms with E-state index in [1.165, 1.54) is 6.08 Å². The summed E-state index contributed by atoms with van der Waals surface area (Å²) in [6.45, 7) is 3.68. The molecular formula is C4H9N2O2PS. The van der Waals surface area contributed by atoms with Crippen LogP contribution < -0.4 is 5.73 Å². The molecule has 0 aromatic carbocycles. The summed E-state index contributed by atoms with van der Waals surface area (Å²) in [6, 6.07) is 0. The second-order valence-corrected chi connectivity index (χ2v) is 1.93. The minimum Gasteiger partial charge on any atom is -0.379 e. The van der Waals surface area contributed by atoms with Crippen molar-refractivity contribution < 1.29 is 9.09 Å². The van der Waals surface area contributed by atoms with Gasteiger partial charge in [0.25, 0.3) is 0 Å². The highest BCUT2D eigenvalue weighted by Crippen LogP contribution is 1.90. The Labute approximate surface area is 66.7 Å². The lowest BCUT2D eigenvalue weighted by atomic mass is 10.7. The van der Waals surface area contributed by atoms with Crippen LogP contribution in [0.4, 0.5) is 0 Å². The molecule has 0 amide bonds. The van der Waals surface area contributed by atoms with Gasteiger partial charge in [0.15, 0.2) is 0 Å². The molecule has 10 heavy (non-hydrogen) atoms. The minimum atomic E-state index is -0.276. The summed E-state index contributed by atoms with van der Waals surface area (Å²) in [5.41, 5.74) is 4.56. The molecule has 6 heteroatoms. The fourth-order valence-corrected chi connectivity index (χ4v) is 0.249. The number of hydrogen-bond acceptors (Lipinski definition) is 3. The van der Waals surface area contributed by atoms with Crippen LogP contribution in [0.2, 0.25) is 0 Å². The second-order valence-electron chi connectivity index (χ2n) is 1.04. The van der Waals surface area contributed by atoms with Crippen molar-refractivity contribution in [3.63, 3.8) is 0 Å². The van der Waals surface area contributed by atoms with E-state index in [1.807, 2.05) is 0 Å². The molecule has 4 nitrogen and oxygen atoms in total. The minimum absolute atomic E-state index is 0.139. The van der Waals surface area contributed by atoms with Crippen molar-refractivity contribution >= 4 is 26.5 Å². The van der Waals surface area contributed by atoms with Gasteiger partial charge in [0, 0.05) is 0 Å². The normalized spacial score (nSPS) is 7.70. The third-order valence-electron chi connectivity index (χ3n) is 0.245. The second kappa shape index (κ2) is 11.4. The molecule has 0 aromatic rings. The Morgan fingerprint density at radius 2 is 2.40 bits per heavy atom. The summed E-state index contributed by atoms with van der Waals surface area (Å²) in [7, 11) is -0.276. The first kappa shape index (κ1) is 12.3. The average molecular weight is 180 g/mol. The smallest absolute Gasteiger partial charge is 0.327 e. The Morgan fingerprint density at radius 1 is 2.00 bits per heavy atom. The molecule has 58 valence electrons. The van der Waals surface area contributed by atoms with Crippen molar-refractivity contribution in [2.45, 2.75) is 0 Å². The Hall–Kier alpha value is -0.380. The van der Waals surface area contributed by atoms with E-state index < -0.39 is 0 Å². The lowest BCUT2D eigenvalue weighted by Gasteiger charge is -1.76. The van der Waals surface area contributed by atoms with Crippen LogP contribution in [0.15, 0.2) is 12.7 Å². The zero-order valence-corrected chi connectivity index (χ0v) is 7.07. The summed E-state index contributed by atoms with van der Waals surface area (Å²) in [5, 5.41) is 6.00. The van der Waals surface area contributed by atoms with Crippen molar-refractivity contribution in [2.75, 3.05) is 6.61 Å². The summed E-state index contributed by atoms with van der Waals surface area (Å²) in [6.07, 6.45) is 1.53. The largest absolute Gasteiger partial charge is 0.379 e. The molecule has 0 heterocycles. The SMILES string of the molecule is C=CCOP=O.N=C(N)S. The van der Waals surface area contributed by atoms with Crippen LogP contribution >= 0.6 is 21.3 Å². The van der Waals surface area contributed by atoms with Gasteiger partial charge in [-0.25, -0.2) is 4.57 Å². The van der Waals surface area contributed by atoms with Gasteiger partial charge in [-0.1, -0.05) is 6.08 Å². The summed E-state index contributed by atoms with van der Waals surface area (Å²) < 4.78 is 13.7. The maximum absolute atomic E-state index is 9.39.